The number of benzene rings is 8. The highest BCUT2D eigenvalue weighted by Crippen LogP contribution is 2.54. The Kier molecular flexibility index (Phi) is 8.81. The van der Waals surface area contributed by atoms with Crippen LogP contribution in [-0.4, -0.2) is 6.85 Å². The van der Waals surface area contributed by atoms with Crippen molar-refractivity contribution in [3.05, 3.63) is 174 Å². The fraction of sp³-hybridized carbons (Fsp3) is 0.200. The van der Waals surface area contributed by atoms with E-state index in [1.54, 1.807) is 0 Å². The van der Waals surface area contributed by atoms with Gasteiger partial charge in [-0.1, -0.05) is 159 Å². The molecule has 65 heavy (non-hydrogen) atoms. The van der Waals surface area contributed by atoms with Gasteiger partial charge in [0, 0.05) is 79.8 Å². The lowest BCUT2D eigenvalue weighted by Crippen LogP contribution is -2.61. The molecule has 0 N–H and O–H groups in total. The molecule has 12 rings (SSSR count). The van der Waals surface area contributed by atoms with Crippen molar-refractivity contribution >= 4 is 109 Å². The Labute approximate surface area is 391 Å². The second kappa shape index (κ2) is 14.2. The number of rotatable bonds is 3. The van der Waals surface area contributed by atoms with Gasteiger partial charge in [0.25, 0.3) is 0 Å². The summed E-state index contributed by atoms with van der Waals surface area (Å²) in [4.78, 5) is 5.35. The van der Waals surface area contributed by atoms with Crippen molar-refractivity contribution in [3.63, 3.8) is 0 Å². The summed E-state index contributed by atoms with van der Waals surface area (Å²) < 4.78 is 5.31. The molecular weight excluding hydrogens is 824 g/mol. The molecule has 0 aliphatic carbocycles. The normalized spacial score (nSPS) is 13.8. The zero-order chi connectivity index (χ0) is 44.7. The first-order chi connectivity index (χ1) is 31.1. The van der Waals surface area contributed by atoms with Crippen LogP contribution < -0.4 is 20.6 Å². The predicted molar refractivity (Wildman–Crippen MR) is 287 cm³/mol. The molecule has 0 bridgehead atoms. The van der Waals surface area contributed by atoms with E-state index in [1.807, 2.05) is 22.7 Å². The van der Waals surface area contributed by atoms with Gasteiger partial charge in [-0.2, -0.15) is 0 Å². The second-order valence-electron chi connectivity index (χ2n) is 21.4. The summed E-state index contributed by atoms with van der Waals surface area (Å²) in [7, 11) is 0. The zero-order valence-electron chi connectivity index (χ0n) is 38.8. The molecule has 0 amide bonds. The Morgan fingerprint density at radius 1 is 0.415 bits per heavy atom. The summed E-state index contributed by atoms with van der Waals surface area (Å²) in [5.74, 6) is 0. The molecule has 0 saturated carbocycles. The van der Waals surface area contributed by atoms with E-state index in [1.165, 1.54) is 119 Å². The van der Waals surface area contributed by atoms with Gasteiger partial charge in [0.2, 0.25) is 0 Å². The van der Waals surface area contributed by atoms with Crippen molar-refractivity contribution < 1.29 is 0 Å². The molecule has 4 heterocycles. The Bertz CT molecular complexity index is 3560. The lowest BCUT2D eigenvalue weighted by molar-refractivity contribution is 0.590. The third kappa shape index (κ3) is 6.26. The lowest BCUT2D eigenvalue weighted by Gasteiger charge is -2.46. The van der Waals surface area contributed by atoms with E-state index in [0.717, 1.165) is 0 Å². The first-order valence-corrected chi connectivity index (χ1v) is 24.7. The van der Waals surface area contributed by atoms with E-state index in [2.05, 4.69) is 230 Å². The third-order valence-electron chi connectivity index (χ3n) is 14.1. The van der Waals surface area contributed by atoms with Gasteiger partial charge < -0.3 is 9.71 Å². The van der Waals surface area contributed by atoms with E-state index in [-0.39, 0.29) is 23.1 Å². The summed E-state index contributed by atoms with van der Waals surface area (Å²) >= 11 is 3.86. The van der Waals surface area contributed by atoms with Crippen LogP contribution in [0.15, 0.2) is 158 Å². The SMILES string of the molecule is CC(C)(C)c1ccc(N2B3c4cc5c(cc4N(c4ccc(C(C)(C)C)cc4-c4ccccc4)c4cc6c(sc7ccccc76)c(c43)-c3cc(C(C)(C)C)ccc32)sc2ccccc25)cc1. The highest BCUT2D eigenvalue weighted by Gasteiger charge is 2.47. The molecule has 0 saturated heterocycles. The minimum absolute atomic E-state index is 0.0264. The molecule has 2 nitrogen and oxygen atoms in total. The van der Waals surface area contributed by atoms with Crippen LogP contribution in [0.2, 0.25) is 0 Å². The maximum absolute atomic E-state index is 2.69. The lowest BCUT2D eigenvalue weighted by atomic mass is 9.43. The fourth-order valence-corrected chi connectivity index (χ4v) is 13.0. The predicted octanol–water partition coefficient (Wildman–Crippen LogP) is 16.7. The Balaban J connectivity index is 1.28. The summed E-state index contributed by atoms with van der Waals surface area (Å²) in [5, 5.41) is 5.27. The molecule has 0 fully saturated rings. The Morgan fingerprint density at radius 2 is 0.985 bits per heavy atom. The van der Waals surface area contributed by atoms with Gasteiger partial charge in [-0.15, -0.1) is 22.7 Å². The first-order valence-electron chi connectivity index (χ1n) is 23.1. The minimum atomic E-state index is -0.105. The van der Waals surface area contributed by atoms with Crippen LogP contribution >= 0.6 is 22.7 Å². The van der Waals surface area contributed by atoms with Gasteiger partial charge in [0.1, 0.15) is 0 Å². The molecule has 2 aliphatic heterocycles. The minimum Gasteiger partial charge on any atom is -0.376 e. The van der Waals surface area contributed by atoms with Gasteiger partial charge in [0.15, 0.2) is 0 Å². The van der Waals surface area contributed by atoms with Crippen LogP contribution in [0.3, 0.4) is 0 Å². The molecule has 0 atom stereocenters. The standard InChI is InChI=1S/C60H53BN2S2/c1-58(2,3)37-23-27-40(28-24-37)63-49-30-26-39(60(7,8)9)32-46(49)55-56-51(34-45-42-20-14-16-22-53(42)65-57(45)55)62(48-29-25-38(59(4,5)6)31-43(48)36-17-11-10-12-18-36)50-35-54-44(33-47(50)61(56)63)41-19-13-15-21-52(41)64-54/h10-35H,1-9H3. The summed E-state index contributed by atoms with van der Waals surface area (Å²) in [6.45, 7) is 20.8. The van der Waals surface area contributed by atoms with Crippen LogP contribution in [0, 0.1) is 0 Å². The number of anilines is 5. The van der Waals surface area contributed by atoms with Crippen LogP contribution in [-0.2, 0) is 16.2 Å². The smallest absolute Gasteiger partial charge is 0.333 e. The first kappa shape index (κ1) is 40.4. The van der Waals surface area contributed by atoms with Crippen molar-refractivity contribution in [2.24, 2.45) is 0 Å². The van der Waals surface area contributed by atoms with Crippen LogP contribution in [0.25, 0.3) is 62.6 Å². The van der Waals surface area contributed by atoms with Crippen molar-refractivity contribution in [1.29, 1.82) is 0 Å². The summed E-state index contributed by atoms with van der Waals surface area (Å²) in [6.07, 6.45) is 0. The van der Waals surface area contributed by atoms with Gasteiger partial charge in [-0.25, -0.2) is 0 Å². The number of fused-ring (bicyclic) bond motifs is 11. The van der Waals surface area contributed by atoms with Crippen LogP contribution in [0.4, 0.5) is 28.4 Å². The molecule has 8 aromatic carbocycles. The number of thiophene rings is 2. The van der Waals surface area contributed by atoms with Crippen molar-refractivity contribution in [1.82, 2.24) is 0 Å². The van der Waals surface area contributed by atoms with Crippen molar-refractivity contribution in [2.75, 3.05) is 9.71 Å². The average molecular weight is 877 g/mol. The quantitative estimate of drug-likeness (QED) is 0.163. The van der Waals surface area contributed by atoms with Gasteiger partial charge in [-0.05, 0) is 110 Å². The number of hydrogen-bond donors (Lipinski definition) is 0. The molecule has 0 radical (unpaired) electrons. The summed E-state index contributed by atoms with van der Waals surface area (Å²) in [5.41, 5.74) is 17.9. The van der Waals surface area contributed by atoms with E-state index < -0.39 is 0 Å². The van der Waals surface area contributed by atoms with Gasteiger partial charge in [0.05, 0.1) is 5.69 Å². The maximum Gasteiger partial charge on any atom is 0.333 e. The zero-order valence-corrected chi connectivity index (χ0v) is 40.4. The van der Waals surface area contributed by atoms with E-state index >= 15 is 0 Å². The second-order valence-corrected chi connectivity index (χ2v) is 23.5. The summed E-state index contributed by atoms with van der Waals surface area (Å²) in [6, 6.07) is 60.9. The molecule has 2 aromatic heterocycles. The molecule has 10 aromatic rings. The van der Waals surface area contributed by atoms with Gasteiger partial charge in [-0.3, -0.25) is 0 Å². The number of nitrogens with zero attached hydrogens (tertiary/aromatic N) is 2. The van der Waals surface area contributed by atoms with Crippen LogP contribution in [0.5, 0.6) is 0 Å². The fourth-order valence-electron chi connectivity index (χ4n) is 10.6. The largest absolute Gasteiger partial charge is 0.376 e. The van der Waals surface area contributed by atoms with E-state index in [9.17, 15) is 0 Å². The maximum atomic E-state index is 2.69. The molecule has 2 aliphatic rings. The van der Waals surface area contributed by atoms with E-state index in [4.69, 9.17) is 0 Å². The third-order valence-corrected chi connectivity index (χ3v) is 16.5. The van der Waals surface area contributed by atoms with Crippen molar-refractivity contribution in [3.8, 4) is 22.3 Å². The van der Waals surface area contributed by atoms with E-state index in [0.29, 0.717) is 0 Å². The monoisotopic (exact) mass is 876 g/mol. The van der Waals surface area contributed by atoms with Crippen LogP contribution in [0.1, 0.15) is 79.0 Å². The molecule has 318 valence electrons. The molecule has 5 heteroatoms. The molecular formula is C60H53BN2S2. The van der Waals surface area contributed by atoms with Crippen molar-refractivity contribution in [2.45, 2.75) is 78.6 Å². The molecule has 0 unspecified atom stereocenters. The Morgan fingerprint density at radius 3 is 1.65 bits per heavy atom. The average Bonchev–Trinajstić information content (AvgIpc) is 3.85. The topological polar surface area (TPSA) is 6.48 Å². The highest BCUT2D eigenvalue weighted by molar-refractivity contribution is 7.27. The van der Waals surface area contributed by atoms with Gasteiger partial charge >= 0.3 is 6.85 Å². The Hall–Kier alpha value is -6.14. The highest BCUT2D eigenvalue weighted by atomic mass is 32.1. The molecule has 0 spiro atoms. The number of hydrogen-bond acceptors (Lipinski definition) is 4.